The lowest BCUT2D eigenvalue weighted by molar-refractivity contribution is -0.167. The lowest BCUT2D eigenvalue weighted by atomic mass is 10.0. The zero-order chi connectivity index (χ0) is 59.9. The van der Waals surface area contributed by atoms with E-state index in [1.807, 2.05) is 0 Å². The Bertz CT molecular complexity index is 1700. The van der Waals surface area contributed by atoms with E-state index in [1.54, 1.807) is 0 Å². The molecule has 0 saturated heterocycles. The van der Waals surface area contributed by atoms with Crippen molar-refractivity contribution in [3.8, 4) is 0 Å². The van der Waals surface area contributed by atoms with E-state index in [4.69, 9.17) is 14.2 Å². The van der Waals surface area contributed by atoms with Crippen molar-refractivity contribution in [2.75, 3.05) is 13.2 Å². The predicted octanol–water partition coefficient (Wildman–Crippen LogP) is 24.3. The molecule has 0 aromatic rings. The van der Waals surface area contributed by atoms with Crippen molar-refractivity contribution >= 4 is 17.9 Å². The Kier molecular flexibility index (Phi) is 66.7. The van der Waals surface area contributed by atoms with E-state index in [0.717, 1.165) is 161 Å². The van der Waals surface area contributed by atoms with Crippen molar-refractivity contribution in [1.82, 2.24) is 0 Å². The van der Waals surface area contributed by atoms with E-state index in [-0.39, 0.29) is 31.1 Å². The molecule has 6 heteroatoms. The first-order chi connectivity index (χ1) is 41.0. The van der Waals surface area contributed by atoms with Crippen molar-refractivity contribution in [1.29, 1.82) is 0 Å². The van der Waals surface area contributed by atoms with Gasteiger partial charge in [0, 0.05) is 19.3 Å². The van der Waals surface area contributed by atoms with Gasteiger partial charge in [-0.05, 0) is 109 Å². The van der Waals surface area contributed by atoms with Crippen LogP contribution in [0.2, 0.25) is 0 Å². The highest BCUT2D eigenvalue weighted by Gasteiger charge is 2.19. The number of hydrogen-bond acceptors (Lipinski definition) is 6. The van der Waals surface area contributed by atoms with Crippen LogP contribution in [0.5, 0.6) is 0 Å². The van der Waals surface area contributed by atoms with Crippen LogP contribution in [0, 0.1) is 0 Å². The average Bonchev–Trinajstić information content (AvgIpc) is 3.49. The third-order valence-corrected chi connectivity index (χ3v) is 15.0. The van der Waals surface area contributed by atoms with Gasteiger partial charge < -0.3 is 14.2 Å². The second-order valence-electron chi connectivity index (χ2n) is 23.0. The molecule has 1 atom stereocenters. The third kappa shape index (κ3) is 68.5. The van der Waals surface area contributed by atoms with Gasteiger partial charge in [-0.2, -0.15) is 0 Å². The third-order valence-electron chi connectivity index (χ3n) is 15.0. The van der Waals surface area contributed by atoms with Crippen LogP contribution >= 0.6 is 0 Å². The molecule has 0 N–H and O–H groups in total. The number of ether oxygens (including phenoxy) is 3. The summed E-state index contributed by atoms with van der Waals surface area (Å²) in [5.41, 5.74) is 0. The molecule has 0 amide bonds. The molecule has 0 bridgehead atoms. The lowest BCUT2D eigenvalue weighted by Crippen LogP contribution is -2.30. The van der Waals surface area contributed by atoms with Crippen molar-refractivity contribution < 1.29 is 28.6 Å². The Balaban J connectivity index is 4.44. The quantitative estimate of drug-likeness (QED) is 0.0261. The fourth-order valence-electron chi connectivity index (χ4n) is 9.79. The van der Waals surface area contributed by atoms with Crippen LogP contribution in [0.15, 0.2) is 122 Å². The number of unbranched alkanes of at least 4 members (excludes halogenated alkanes) is 32. The van der Waals surface area contributed by atoms with E-state index in [1.165, 1.54) is 128 Å². The van der Waals surface area contributed by atoms with Crippen LogP contribution in [-0.2, 0) is 28.6 Å². The maximum atomic E-state index is 13.0. The second kappa shape index (κ2) is 70.3. The molecule has 0 spiro atoms. The van der Waals surface area contributed by atoms with Gasteiger partial charge >= 0.3 is 17.9 Å². The van der Waals surface area contributed by atoms with Gasteiger partial charge in [-0.15, -0.1) is 0 Å². The molecule has 0 aromatic carbocycles. The molecule has 0 fully saturated rings. The van der Waals surface area contributed by atoms with Gasteiger partial charge in [0.05, 0.1) is 0 Å². The van der Waals surface area contributed by atoms with Gasteiger partial charge in [0.25, 0.3) is 0 Å². The molecule has 0 saturated carbocycles. The first-order valence-electron chi connectivity index (χ1n) is 35.0. The molecule has 0 heterocycles. The fourth-order valence-corrected chi connectivity index (χ4v) is 9.79. The largest absolute Gasteiger partial charge is 0.462 e. The number of hydrogen-bond donors (Lipinski definition) is 0. The summed E-state index contributed by atoms with van der Waals surface area (Å²) < 4.78 is 17.0. The maximum Gasteiger partial charge on any atom is 0.306 e. The van der Waals surface area contributed by atoms with Gasteiger partial charge in [0.1, 0.15) is 13.2 Å². The Hall–Kier alpha value is -4.19. The summed E-state index contributed by atoms with van der Waals surface area (Å²) in [6.45, 7) is 6.42. The van der Waals surface area contributed by atoms with Crippen LogP contribution < -0.4 is 0 Å². The molecule has 0 aliphatic heterocycles. The number of allylic oxidation sites excluding steroid dienone is 20. The summed E-state index contributed by atoms with van der Waals surface area (Å²) in [6.07, 6.45) is 97.9. The Morgan fingerprint density at radius 3 is 0.735 bits per heavy atom. The predicted molar refractivity (Wildman–Crippen MR) is 362 cm³/mol. The molecule has 474 valence electrons. The summed E-state index contributed by atoms with van der Waals surface area (Å²) in [7, 11) is 0. The summed E-state index contributed by atoms with van der Waals surface area (Å²) >= 11 is 0. The SMILES string of the molecule is CC/C=C\C/C=C\C/C=C\C/C=C\C/C=C\CCCCCCCC(=O)OCC(COC(=O)CCCCCCCCCCCCCCCCCCCCCCCCC)OC(=O)CCCCCCC/C=C\C/C=C\C/C=C\C/C=C\C/C=C\CC. The van der Waals surface area contributed by atoms with E-state index in [0.29, 0.717) is 19.3 Å². The highest BCUT2D eigenvalue weighted by atomic mass is 16.6. The van der Waals surface area contributed by atoms with Crippen LogP contribution in [0.3, 0.4) is 0 Å². The molecular formula is C77H130O6. The van der Waals surface area contributed by atoms with Gasteiger partial charge in [-0.25, -0.2) is 0 Å². The normalized spacial score (nSPS) is 12.9. The molecule has 0 rings (SSSR count). The molecule has 6 nitrogen and oxygen atoms in total. The summed E-state index contributed by atoms with van der Waals surface area (Å²) in [4.78, 5) is 38.5. The summed E-state index contributed by atoms with van der Waals surface area (Å²) in [5, 5.41) is 0. The smallest absolute Gasteiger partial charge is 0.306 e. The first-order valence-corrected chi connectivity index (χ1v) is 35.0. The highest BCUT2D eigenvalue weighted by molar-refractivity contribution is 5.71. The summed E-state index contributed by atoms with van der Waals surface area (Å²) in [6, 6.07) is 0. The monoisotopic (exact) mass is 1150 g/mol. The minimum Gasteiger partial charge on any atom is -0.462 e. The van der Waals surface area contributed by atoms with E-state index in [2.05, 4.69) is 142 Å². The number of esters is 3. The fraction of sp³-hybridized carbons (Fsp3) is 0.701. The van der Waals surface area contributed by atoms with Crippen LogP contribution in [0.4, 0.5) is 0 Å². The topological polar surface area (TPSA) is 78.9 Å². The van der Waals surface area contributed by atoms with E-state index < -0.39 is 6.10 Å². The number of rotatable bonds is 63. The lowest BCUT2D eigenvalue weighted by Gasteiger charge is -2.18. The van der Waals surface area contributed by atoms with Gasteiger partial charge in [-0.3, -0.25) is 14.4 Å². The molecule has 83 heavy (non-hydrogen) atoms. The van der Waals surface area contributed by atoms with Gasteiger partial charge in [0.15, 0.2) is 6.10 Å². The molecule has 1 unspecified atom stereocenters. The zero-order valence-electron chi connectivity index (χ0n) is 54.4. The number of carbonyl (C=O) groups excluding carboxylic acids is 3. The molecule has 0 aliphatic carbocycles. The molecular weight excluding hydrogens is 1020 g/mol. The Morgan fingerprint density at radius 1 is 0.253 bits per heavy atom. The molecule has 0 radical (unpaired) electrons. The van der Waals surface area contributed by atoms with Crippen molar-refractivity contribution in [2.45, 2.75) is 335 Å². The Labute approximate surface area is 513 Å². The molecule has 0 aliphatic rings. The highest BCUT2D eigenvalue weighted by Crippen LogP contribution is 2.17. The summed E-state index contributed by atoms with van der Waals surface area (Å²) in [5.74, 6) is -0.919. The second-order valence-corrected chi connectivity index (χ2v) is 23.0. The van der Waals surface area contributed by atoms with Crippen LogP contribution in [0.1, 0.15) is 329 Å². The van der Waals surface area contributed by atoms with E-state index in [9.17, 15) is 14.4 Å². The van der Waals surface area contributed by atoms with Crippen molar-refractivity contribution in [3.05, 3.63) is 122 Å². The van der Waals surface area contributed by atoms with E-state index >= 15 is 0 Å². The van der Waals surface area contributed by atoms with Crippen molar-refractivity contribution in [2.24, 2.45) is 0 Å². The van der Waals surface area contributed by atoms with Gasteiger partial charge in [0.2, 0.25) is 0 Å². The van der Waals surface area contributed by atoms with Crippen LogP contribution in [0.25, 0.3) is 0 Å². The number of carbonyl (C=O) groups is 3. The Morgan fingerprint density at radius 2 is 0.470 bits per heavy atom. The minimum absolute atomic E-state index is 0.0924. The van der Waals surface area contributed by atoms with Gasteiger partial charge in [-0.1, -0.05) is 322 Å². The van der Waals surface area contributed by atoms with Crippen LogP contribution in [-0.4, -0.2) is 37.2 Å². The van der Waals surface area contributed by atoms with Crippen molar-refractivity contribution in [3.63, 3.8) is 0 Å². The maximum absolute atomic E-state index is 13.0. The first kappa shape index (κ1) is 78.8. The molecule has 0 aromatic heterocycles. The minimum atomic E-state index is -0.802. The average molecular weight is 1150 g/mol. The standard InChI is InChI=1S/C77H130O6/c1-4-7-10-13-16-19-22-25-28-31-34-37-38-41-43-46-49-52-55-58-61-64-67-70-76(79)82-73-74(83-77(80)71-68-65-62-59-56-53-50-47-44-40-36-33-30-27-24-21-18-15-12-9-6-3)72-81-75(78)69-66-63-60-57-54-51-48-45-42-39-35-32-29-26-23-20-17-14-11-8-5-2/h8-9,11-12,17-18,20-21,26-27,29-30,35-36,39-40,45,47-48,50,74H,4-7,10,13-16,19,22-25,28,31-34,37-38,41-44,46,49,51-73H2,1-3H3/b11-8-,12-9-,20-17-,21-18-,29-26-,30-27-,39-35-,40-36-,48-45-,50-47-. The zero-order valence-corrected chi connectivity index (χ0v) is 54.4.